The van der Waals surface area contributed by atoms with E-state index in [0.29, 0.717) is 16.5 Å². The second-order valence-corrected chi connectivity index (χ2v) is 7.51. The monoisotopic (exact) mass is 407 g/mol. The van der Waals surface area contributed by atoms with Gasteiger partial charge in [0.25, 0.3) is 11.5 Å². The Morgan fingerprint density at radius 2 is 1.50 bits per heavy atom. The minimum atomic E-state index is -0.753. The van der Waals surface area contributed by atoms with Crippen molar-refractivity contribution >= 4 is 22.6 Å². The smallest absolute Gasteiger partial charge is 0.359 e. The first-order chi connectivity index (χ1) is 14.3. The van der Waals surface area contributed by atoms with E-state index in [4.69, 9.17) is 4.74 Å². The molecular weight excluding hydrogens is 382 g/mol. The molecule has 1 heterocycles. The van der Waals surface area contributed by atoms with Gasteiger partial charge >= 0.3 is 5.97 Å². The lowest BCUT2D eigenvalue weighted by molar-refractivity contribution is -0.138. The highest BCUT2D eigenvalue weighted by Crippen LogP contribution is 2.16. The van der Waals surface area contributed by atoms with Crippen LogP contribution in [0.5, 0.6) is 0 Å². The zero-order chi connectivity index (χ0) is 21.8. The summed E-state index contributed by atoms with van der Waals surface area (Å²) in [6.07, 6.45) is 0. The molecule has 0 radical (unpaired) electrons. The Morgan fingerprint density at radius 3 is 2.10 bits per heavy atom. The fourth-order valence-corrected chi connectivity index (χ4v) is 3.53. The summed E-state index contributed by atoms with van der Waals surface area (Å²) >= 11 is 0. The number of rotatable bonds is 6. The Balaban J connectivity index is 1.97. The van der Waals surface area contributed by atoms with Gasteiger partial charge in [0.05, 0.1) is 11.1 Å². The van der Waals surface area contributed by atoms with Crippen LogP contribution in [0, 0.1) is 0 Å². The molecule has 0 atom stereocenters. The molecule has 1 aromatic heterocycles. The number of para-hydroxylation sites is 1. The van der Waals surface area contributed by atoms with Gasteiger partial charge in [-0.3, -0.25) is 9.59 Å². The Labute approximate surface area is 174 Å². The van der Waals surface area contributed by atoms with Crippen LogP contribution in [0.1, 0.15) is 38.2 Å². The molecule has 0 aliphatic heterocycles. The highest BCUT2D eigenvalue weighted by Gasteiger charge is 2.24. The first-order valence-corrected chi connectivity index (χ1v) is 9.87. The molecule has 30 heavy (non-hydrogen) atoms. The predicted octanol–water partition coefficient (Wildman–Crippen LogP) is 3.19. The maximum absolute atomic E-state index is 12.9. The number of esters is 1. The zero-order valence-corrected chi connectivity index (χ0v) is 17.5. The molecule has 7 nitrogen and oxygen atoms in total. The minimum Gasteiger partial charge on any atom is -0.451 e. The maximum atomic E-state index is 12.9. The molecule has 0 unspecified atom stereocenters. The van der Waals surface area contributed by atoms with Gasteiger partial charge in [-0.15, -0.1) is 0 Å². The molecule has 2 aromatic carbocycles. The van der Waals surface area contributed by atoms with E-state index in [-0.39, 0.29) is 29.2 Å². The SMILES string of the molecule is CC(C)N(C(=O)COC(=O)c1nn(-c2ccccc2)c(=O)c2ccccc12)C(C)C. The first-order valence-electron chi connectivity index (χ1n) is 9.87. The molecular formula is C23H25N3O4. The zero-order valence-electron chi connectivity index (χ0n) is 17.5. The molecule has 156 valence electrons. The van der Waals surface area contributed by atoms with E-state index >= 15 is 0 Å². The van der Waals surface area contributed by atoms with E-state index in [2.05, 4.69) is 5.10 Å². The number of aromatic nitrogens is 2. The van der Waals surface area contributed by atoms with Crippen LogP contribution in [0.3, 0.4) is 0 Å². The molecule has 0 aliphatic carbocycles. The largest absolute Gasteiger partial charge is 0.451 e. The van der Waals surface area contributed by atoms with Crippen molar-refractivity contribution in [1.29, 1.82) is 0 Å². The quantitative estimate of drug-likeness (QED) is 0.586. The van der Waals surface area contributed by atoms with Crippen LogP contribution >= 0.6 is 0 Å². The lowest BCUT2D eigenvalue weighted by atomic mass is 10.1. The van der Waals surface area contributed by atoms with Crippen LogP contribution in [0.4, 0.5) is 0 Å². The summed E-state index contributed by atoms with van der Waals surface area (Å²) in [6.45, 7) is 7.24. The molecule has 0 saturated carbocycles. The van der Waals surface area contributed by atoms with Gasteiger partial charge in [-0.2, -0.15) is 9.78 Å². The average Bonchev–Trinajstić information content (AvgIpc) is 2.72. The Kier molecular flexibility index (Phi) is 6.30. The van der Waals surface area contributed by atoms with E-state index in [1.807, 2.05) is 33.8 Å². The van der Waals surface area contributed by atoms with E-state index < -0.39 is 12.6 Å². The standard InChI is InChI=1S/C23H25N3O4/c1-15(2)25(16(3)4)20(27)14-30-23(29)21-18-12-8-9-13-19(18)22(28)26(24-21)17-10-6-5-7-11-17/h5-13,15-16H,14H2,1-4H3. The lowest BCUT2D eigenvalue weighted by Crippen LogP contribution is -2.44. The summed E-state index contributed by atoms with van der Waals surface area (Å²) in [5.74, 6) is -1.04. The topological polar surface area (TPSA) is 81.5 Å². The van der Waals surface area contributed by atoms with Crippen molar-refractivity contribution in [2.45, 2.75) is 39.8 Å². The van der Waals surface area contributed by atoms with Crippen molar-refractivity contribution in [3.63, 3.8) is 0 Å². The number of amides is 1. The molecule has 7 heteroatoms. The van der Waals surface area contributed by atoms with Gasteiger partial charge in [0.15, 0.2) is 12.3 Å². The van der Waals surface area contributed by atoms with Gasteiger partial charge in [-0.1, -0.05) is 36.4 Å². The molecule has 0 fully saturated rings. The van der Waals surface area contributed by atoms with Crippen LogP contribution in [0.15, 0.2) is 59.4 Å². The average molecular weight is 407 g/mol. The summed E-state index contributed by atoms with van der Waals surface area (Å²) in [6, 6.07) is 15.5. The van der Waals surface area contributed by atoms with Gasteiger partial charge in [0.2, 0.25) is 0 Å². The highest BCUT2D eigenvalue weighted by molar-refractivity contribution is 6.02. The molecule has 0 spiro atoms. The molecule has 0 saturated heterocycles. The summed E-state index contributed by atoms with van der Waals surface area (Å²) in [4.78, 5) is 39.9. The van der Waals surface area contributed by atoms with Crippen LogP contribution < -0.4 is 5.56 Å². The Bertz CT molecular complexity index is 1110. The number of nitrogens with zero attached hydrogens (tertiary/aromatic N) is 3. The molecule has 0 aliphatic rings. The lowest BCUT2D eigenvalue weighted by Gasteiger charge is -2.30. The predicted molar refractivity (Wildman–Crippen MR) is 115 cm³/mol. The van der Waals surface area contributed by atoms with Crippen LogP contribution in [-0.4, -0.2) is 45.2 Å². The van der Waals surface area contributed by atoms with Gasteiger partial charge in [0.1, 0.15) is 0 Å². The van der Waals surface area contributed by atoms with Crippen molar-refractivity contribution in [2.24, 2.45) is 0 Å². The summed E-state index contributed by atoms with van der Waals surface area (Å²) in [5, 5.41) is 5.00. The number of carbonyl (C=O) groups is 2. The number of carbonyl (C=O) groups excluding carboxylic acids is 2. The third-order valence-electron chi connectivity index (χ3n) is 4.73. The summed E-state index contributed by atoms with van der Waals surface area (Å²) < 4.78 is 6.48. The Morgan fingerprint density at radius 1 is 0.933 bits per heavy atom. The van der Waals surface area contributed by atoms with Crippen molar-refractivity contribution < 1.29 is 14.3 Å². The number of hydrogen-bond acceptors (Lipinski definition) is 5. The van der Waals surface area contributed by atoms with Gasteiger partial charge < -0.3 is 9.64 Å². The molecule has 3 aromatic rings. The summed E-state index contributed by atoms with van der Waals surface area (Å²) in [7, 11) is 0. The number of ether oxygens (including phenoxy) is 1. The van der Waals surface area contributed by atoms with Gasteiger partial charge in [0, 0.05) is 17.5 Å². The highest BCUT2D eigenvalue weighted by atomic mass is 16.5. The second-order valence-electron chi connectivity index (χ2n) is 7.51. The van der Waals surface area contributed by atoms with Crippen LogP contribution in [0.2, 0.25) is 0 Å². The number of benzene rings is 2. The van der Waals surface area contributed by atoms with E-state index in [9.17, 15) is 14.4 Å². The van der Waals surface area contributed by atoms with Crippen molar-refractivity contribution in [1.82, 2.24) is 14.7 Å². The maximum Gasteiger partial charge on any atom is 0.359 e. The first kappa shape index (κ1) is 21.2. The van der Waals surface area contributed by atoms with Crippen molar-refractivity contribution in [3.05, 3.63) is 70.6 Å². The molecule has 3 rings (SSSR count). The minimum absolute atomic E-state index is 0.0116. The van der Waals surface area contributed by atoms with Crippen LogP contribution in [-0.2, 0) is 9.53 Å². The Hall–Kier alpha value is -3.48. The van der Waals surface area contributed by atoms with Crippen molar-refractivity contribution in [2.75, 3.05) is 6.61 Å². The van der Waals surface area contributed by atoms with Crippen LogP contribution in [0.25, 0.3) is 16.5 Å². The van der Waals surface area contributed by atoms with Crippen molar-refractivity contribution in [3.8, 4) is 5.69 Å². The summed E-state index contributed by atoms with van der Waals surface area (Å²) in [5.41, 5.74) is 0.182. The third-order valence-corrected chi connectivity index (χ3v) is 4.73. The van der Waals surface area contributed by atoms with E-state index in [1.165, 1.54) is 4.68 Å². The third kappa shape index (κ3) is 4.25. The normalized spacial score (nSPS) is 11.1. The van der Waals surface area contributed by atoms with Gasteiger partial charge in [-0.05, 0) is 45.9 Å². The van der Waals surface area contributed by atoms with Gasteiger partial charge in [-0.25, -0.2) is 4.79 Å². The van der Waals surface area contributed by atoms with E-state index in [1.54, 1.807) is 53.4 Å². The molecule has 0 N–H and O–H groups in total. The molecule has 1 amide bonds. The molecule has 0 bridgehead atoms. The second kappa shape index (κ2) is 8.90. The number of fused-ring (bicyclic) bond motifs is 1. The fraction of sp³-hybridized carbons (Fsp3) is 0.304. The number of hydrogen-bond donors (Lipinski definition) is 0. The fourth-order valence-electron chi connectivity index (χ4n) is 3.53. The van der Waals surface area contributed by atoms with E-state index in [0.717, 1.165) is 0 Å².